The highest BCUT2D eigenvalue weighted by Crippen LogP contribution is 2.31. The molecule has 0 unspecified atom stereocenters. The van der Waals surface area contributed by atoms with Gasteiger partial charge in [-0.25, -0.2) is 14.6 Å². The number of hydrogen-bond donors (Lipinski definition) is 0. The molecule has 5 nitrogen and oxygen atoms in total. The normalized spacial score (nSPS) is 13.1. The number of hydrogen-bond acceptors (Lipinski definition) is 4. The zero-order chi connectivity index (χ0) is 14.1. The second kappa shape index (κ2) is 4.94. The lowest BCUT2D eigenvalue weighted by atomic mass is 10.00. The summed E-state index contributed by atoms with van der Waals surface area (Å²) in [6.45, 7) is 0. The third-order valence-corrected chi connectivity index (χ3v) is 3.59. The van der Waals surface area contributed by atoms with Gasteiger partial charge in [-0.1, -0.05) is 12.2 Å². The first-order valence-corrected chi connectivity index (χ1v) is 6.89. The number of pyridine rings is 1. The van der Waals surface area contributed by atoms with Gasteiger partial charge in [0, 0.05) is 35.8 Å². The molecular formula is C16H13N5. The summed E-state index contributed by atoms with van der Waals surface area (Å²) >= 11 is 0. The van der Waals surface area contributed by atoms with E-state index in [4.69, 9.17) is 5.10 Å². The van der Waals surface area contributed by atoms with Crippen molar-refractivity contribution in [3.05, 3.63) is 60.5 Å². The molecule has 0 atom stereocenters. The maximum Gasteiger partial charge on any atom is 0.157 e. The molecule has 0 amide bonds. The number of fused-ring (bicyclic) bond motifs is 1. The molecule has 21 heavy (non-hydrogen) atoms. The first-order chi connectivity index (χ1) is 10.4. The summed E-state index contributed by atoms with van der Waals surface area (Å²) in [5, 5.41) is 4.78. The Labute approximate surface area is 122 Å². The molecule has 5 heteroatoms. The summed E-state index contributed by atoms with van der Waals surface area (Å²) in [6, 6.07) is 5.84. The van der Waals surface area contributed by atoms with E-state index in [1.165, 1.54) is 11.3 Å². The minimum absolute atomic E-state index is 0.803. The summed E-state index contributed by atoms with van der Waals surface area (Å²) in [6.07, 6.45) is 13.2. The fourth-order valence-electron chi connectivity index (χ4n) is 2.62. The zero-order valence-corrected chi connectivity index (χ0v) is 11.3. The van der Waals surface area contributed by atoms with Gasteiger partial charge in [0.1, 0.15) is 12.0 Å². The van der Waals surface area contributed by atoms with Crippen molar-refractivity contribution in [1.82, 2.24) is 24.7 Å². The average molecular weight is 275 g/mol. The van der Waals surface area contributed by atoms with Crippen LogP contribution >= 0.6 is 0 Å². The summed E-state index contributed by atoms with van der Waals surface area (Å²) in [5.41, 5.74) is 4.41. The predicted octanol–water partition coefficient (Wildman–Crippen LogP) is 2.68. The van der Waals surface area contributed by atoms with Crippen LogP contribution in [0.3, 0.4) is 0 Å². The molecule has 102 valence electrons. The van der Waals surface area contributed by atoms with Crippen molar-refractivity contribution >= 4 is 6.08 Å². The number of nitrogens with zero attached hydrogens (tertiary/aromatic N) is 5. The fraction of sp³-hybridized carbons (Fsp3) is 0.125. The van der Waals surface area contributed by atoms with Crippen LogP contribution in [-0.4, -0.2) is 24.7 Å². The highest BCUT2D eigenvalue weighted by molar-refractivity contribution is 5.74. The van der Waals surface area contributed by atoms with Crippen LogP contribution in [0.4, 0.5) is 0 Å². The lowest BCUT2D eigenvalue weighted by molar-refractivity contribution is 0.767. The van der Waals surface area contributed by atoms with E-state index >= 15 is 0 Å². The SMILES string of the molecule is C1=Cc2c(-c3ccncc3)nn(-c3ccncn3)c2CC1. The van der Waals surface area contributed by atoms with Gasteiger partial charge in [0.25, 0.3) is 0 Å². The van der Waals surface area contributed by atoms with E-state index in [9.17, 15) is 0 Å². The molecule has 0 aliphatic heterocycles. The maximum absolute atomic E-state index is 4.78. The Balaban J connectivity index is 1.94. The molecule has 1 aliphatic rings. The van der Waals surface area contributed by atoms with E-state index in [-0.39, 0.29) is 0 Å². The molecule has 1 aliphatic carbocycles. The van der Waals surface area contributed by atoms with Crippen LogP contribution in [0, 0.1) is 0 Å². The van der Waals surface area contributed by atoms with Crippen LogP contribution in [-0.2, 0) is 6.42 Å². The molecule has 4 rings (SSSR count). The highest BCUT2D eigenvalue weighted by atomic mass is 15.3. The Bertz CT molecular complexity index is 790. The molecule has 0 aromatic carbocycles. The molecule has 3 aromatic rings. The van der Waals surface area contributed by atoms with Crippen LogP contribution < -0.4 is 0 Å². The van der Waals surface area contributed by atoms with Crippen LogP contribution in [0.1, 0.15) is 17.7 Å². The van der Waals surface area contributed by atoms with Crippen molar-refractivity contribution in [2.45, 2.75) is 12.8 Å². The quantitative estimate of drug-likeness (QED) is 0.721. The second-order valence-corrected chi connectivity index (χ2v) is 4.87. The lowest BCUT2D eigenvalue weighted by Gasteiger charge is -2.09. The summed E-state index contributed by atoms with van der Waals surface area (Å²) < 4.78 is 1.93. The standard InChI is InChI=1S/C16H13N5/c1-2-4-14-13(3-1)16(12-5-8-17-9-6-12)20-21(14)15-7-10-18-11-19-15/h1,3,5-11H,2,4H2. The summed E-state index contributed by atoms with van der Waals surface area (Å²) in [7, 11) is 0. The zero-order valence-electron chi connectivity index (χ0n) is 11.3. The van der Waals surface area contributed by atoms with Crippen LogP contribution in [0.25, 0.3) is 23.2 Å². The van der Waals surface area contributed by atoms with E-state index in [0.717, 1.165) is 29.9 Å². The smallest absolute Gasteiger partial charge is 0.157 e. The van der Waals surface area contributed by atoms with Gasteiger partial charge in [-0.05, 0) is 25.0 Å². The molecule has 3 aromatic heterocycles. The predicted molar refractivity (Wildman–Crippen MR) is 79.7 cm³/mol. The highest BCUT2D eigenvalue weighted by Gasteiger charge is 2.20. The third kappa shape index (κ3) is 2.03. The minimum atomic E-state index is 0.803. The molecule has 0 saturated heterocycles. The van der Waals surface area contributed by atoms with E-state index < -0.39 is 0 Å². The van der Waals surface area contributed by atoms with E-state index in [1.54, 1.807) is 24.9 Å². The molecule has 0 N–H and O–H groups in total. The van der Waals surface area contributed by atoms with Gasteiger partial charge < -0.3 is 0 Å². The van der Waals surface area contributed by atoms with Crippen molar-refractivity contribution in [1.29, 1.82) is 0 Å². The number of rotatable bonds is 2. The Morgan fingerprint density at radius 1 is 1.00 bits per heavy atom. The Hall–Kier alpha value is -2.82. The van der Waals surface area contributed by atoms with Crippen molar-refractivity contribution in [3.8, 4) is 17.1 Å². The van der Waals surface area contributed by atoms with Crippen molar-refractivity contribution < 1.29 is 0 Å². The largest absolute Gasteiger partial charge is 0.265 e. The van der Waals surface area contributed by atoms with Crippen molar-refractivity contribution in [3.63, 3.8) is 0 Å². The lowest BCUT2D eigenvalue weighted by Crippen LogP contribution is -2.06. The van der Waals surface area contributed by atoms with Gasteiger partial charge in [-0.3, -0.25) is 4.98 Å². The number of allylic oxidation sites excluding steroid dienone is 1. The van der Waals surface area contributed by atoms with Crippen LogP contribution in [0.15, 0.2) is 49.2 Å². The van der Waals surface area contributed by atoms with Gasteiger partial charge in [0.05, 0.1) is 5.69 Å². The summed E-state index contributed by atoms with van der Waals surface area (Å²) in [5.74, 6) is 0.803. The van der Waals surface area contributed by atoms with Gasteiger partial charge in [-0.2, -0.15) is 5.10 Å². The molecule has 0 saturated carbocycles. The molecule has 3 heterocycles. The van der Waals surface area contributed by atoms with Gasteiger partial charge in [0.15, 0.2) is 5.82 Å². The monoisotopic (exact) mass is 275 g/mol. The van der Waals surface area contributed by atoms with Crippen molar-refractivity contribution in [2.24, 2.45) is 0 Å². The van der Waals surface area contributed by atoms with E-state index in [2.05, 4.69) is 27.1 Å². The molecule has 0 fully saturated rings. The maximum atomic E-state index is 4.78. The first-order valence-electron chi connectivity index (χ1n) is 6.89. The van der Waals surface area contributed by atoms with Crippen molar-refractivity contribution in [2.75, 3.05) is 0 Å². The summed E-state index contributed by atoms with van der Waals surface area (Å²) in [4.78, 5) is 12.4. The molecule has 0 radical (unpaired) electrons. The Morgan fingerprint density at radius 3 is 2.67 bits per heavy atom. The topological polar surface area (TPSA) is 56.5 Å². The molecular weight excluding hydrogens is 262 g/mol. The van der Waals surface area contributed by atoms with Gasteiger partial charge in [0.2, 0.25) is 0 Å². The van der Waals surface area contributed by atoms with Crippen LogP contribution in [0.5, 0.6) is 0 Å². The van der Waals surface area contributed by atoms with Crippen LogP contribution in [0.2, 0.25) is 0 Å². The third-order valence-electron chi connectivity index (χ3n) is 3.59. The van der Waals surface area contributed by atoms with E-state index in [1.807, 2.05) is 22.9 Å². The van der Waals surface area contributed by atoms with Gasteiger partial charge in [-0.15, -0.1) is 0 Å². The van der Waals surface area contributed by atoms with E-state index in [0.29, 0.717) is 0 Å². The Kier molecular flexibility index (Phi) is 2.81. The minimum Gasteiger partial charge on any atom is -0.265 e. The van der Waals surface area contributed by atoms with Gasteiger partial charge >= 0.3 is 0 Å². The first kappa shape index (κ1) is 12.0. The Morgan fingerprint density at radius 2 is 1.86 bits per heavy atom. The fourth-order valence-corrected chi connectivity index (χ4v) is 2.62. The second-order valence-electron chi connectivity index (χ2n) is 4.87. The number of aromatic nitrogens is 5. The average Bonchev–Trinajstić information content (AvgIpc) is 2.96. The molecule has 0 bridgehead atoms. The molecule has 0 spiro atoms.